The Morgan fingerprint density at radius 1 is 0.371 bits per heavy atom. The molecule has 0 radical (unpaired) electrons. The summed E-state index contributed by atoms with van der Waals surface area (Å²) in [5.74, 6) is 0. The van der Waals surface area contributed by atoms with Crippen LogP contribution in [-0.4, -0.2) is 0 Å². The number of hydrogen-bond donors (Lipinski definition) is 0. The second-order valence-electron chi connectivity index (χ2n) is 8.90. The van der Waals surface area contributed by atoms with Crippen LogP contribution in [0.4, 0.5) is 0 Å². The average Bonchev–Trinajstić information content (AvgIpc) is 3.38. The summed E-state index contributed by atoms with van der Waals surface area (Å²) in [5.41, 5.74) is 6.45. The second-order valence-corrected chi connectivity index (χ2v) is 9.99. The molecule has 0 saturated heterocycles. The van der Waals surface area contributed by atoms with E-state index in [1.165, 1.54) is 64.3 Å². The zero-order valence-corrected chi connectivity index (χ0v) is 19.9. The Bertz CT molecular complexity index is 1770. The lowest BCUT2D eigenvalue weighted by atomic mass is 9.85. The van der Waals surface area contributed by atoms with Crippen molar-refractivity contribution in [3.05, 3.63) is 133 Å². The van der Waals surface area contributed by atoms with Crippen LogP contribution < -0.4 is 0 Å². The monoisotopic (exact) mass is 462 g/mol. The topological polar surface area (TPSA) is 0 Å². The molecule has 0 spiro atoms. The lowest BCUT2D eigenvalue weighted by Gasteiger charge is -2.18. The Kier molecular flexibility index (Phi) is 4.75. The van der Waals surface area contributed by atoms with E-state index in [0.29, 0.717) is 0 Å². The van der Waals surface area contributed by atoms with E-state index in [0.717, 1.165) is 0 Å². The summed E-state index contributed by atoms with van der Waals surface area (Å²) < 4.78 is 1.32. The van der Waals surface area contributed by atoms with Gasteiger partial charge >= 0.3 is 0 Å². The molecule has 0 nitrogen and oxygen atoms in total. The SMILES string of the molecule is c1ccc(-c2cc3c(-c4c5ccccc5c(-c5ccccc5)c5ccccc45)cccc3s2)cc1. The first-order valence-electron chi connectivity index (χ1n) is 12.0. The van der Waals surface area contributed by atoms with Crippen LogP contribution in [0.1, 0.15) is 0 Å². The molecule has 0 saturated carbocycles. The zero-order valence-electron chi connectivity index (χ0n) is 19.1. The van der Waals surface area contributed by atoms with Crippen LogP contribution in [-0.2, 0) is 0 Å². The van der Waals surface area contributed by atoms with Crippen molar-refractivity contribution in [3.8, 4) is 32.7 Å². The van der Waals surface area contributed by atoms with Crippen molar-refractivity contribution in [3.63, 3.8) is 0 Å². The fraction of sp³-hybridized carbons (Fsp3) is 0. The molecular formula is C34H22S. The lowest BCUT2D eigenvalue weighted by Crippen LogP contribution is -1.90. The van der Waals surface area contributed by atoms with Crippen molar-refractivity contribution < 1.29 is 0 Å². The van der Waals surface area contributed by atoms with E-state index >= 15 is 0 Å². The van der Waals surface area contributed by atoms with Gasteiger partial charge in [-0.3, -0.25) is 0 Å². The largest absolute Gasteiger partial charge is 0.135 e. The Balaban J connectivity index is 1.60. The fourth-order valence-corrected chi connectivity index (χ4v) is 6.45. The maximum Gasteiger partial charge on any atom is 0.0355 e. The highest BCUT2D eigenvalue weighted by atomic mass is 32.1. The maximum absolute atomic E-state index is 2.37. The zero-order chi connectivity index (χ0) is 23.2. The minimum absolute atomic E-state index is 1.26. The first-order chi connectivity index (χ1) is 17.4. The number of thiophene rings is 1. The van der Waals surface area contributed by atoms with E-state index in [9.17, 15) is 0 Å². The van der Waals surface area contributed by atoms with Gasteiger partial charge in [0.1, 0.15) is 0 Å². The van der Waals surface area contributed by atoms with Crippen LogP contribution >= 0.6 is 11.3 Å². The summed E-state index contributed by atoms with van der Waals surface area (Å²) in [4.78, 5) is 1.31. The predicted octanol–water partition coefficient (Wildman–Crippen LogP) is 10.2. The molecule has 0 aliphatic carbocycles. The molecule has 0 amide bonds. The molecule has 0 aliphatic rings. The van der Waals surface area contributed by atoms with Gasteiger partial charge in [0.25, 0.3) is 0 Å². The molecule has 0 fully saturated rings. The number of rotatable bonds is 3. The van der Waals surface area contributed by atoms with Crippen molar-refractivity contribution in [2.45, 2.75) is 0 Å². The molecule has 0 unspecified atom stereocenters. The lowest BCUT2D eigenvalue weighted by molar-refractivity contribution is 1.67. The molecule has 0 bridgehead atoms. The van der Waals surface area contributed by atoms with E-state index < -0.39 is 0 Å². The summed E-state index contributed by atoms with van der Waals surface area (Å²) in [7, 11) is 0. The van der Waals surface area contributed by atoms with Crippen molar-refractivity contribution in [1.29, 1.82) is 0 Å². The highest BCUT2D eigenvalue weighted by Crippen LogP contribution is 2.46. The smallest absolute Gasteiger partial charge is 0.0355 e. The fourth-order valence-electron chi connectivity index (χ4n) is 5.36. The number of hydrogen-bond acceptors (Lipinski definition) is 1. The number of benzene rings is 6. The van der Waals surface area contributed by atoms with Gasteiger partial charge in [-0.2, -0.15) is 0 Å². The van der Waals surface area contributed by atoms with Crippen LogP contribution in [0.5, 0.6) is 0 Å². The average molecular weight is 463 g/mol. The molecule has 1 heterocycles. The van der Waals surface area contributed by atoms with Crippen LogP contribution in [0.25, 0.3) is 64.3 Å². The van der Waals surface area contributed by atoms with E-state index in [-0.39, 0.29) is 0 Å². The quantitative estimate of drug-likeness (QED) is 0.229. The van der Waals surface area contributed by atoms with E-state index in [2.05, 4.69) is 133 Å². The molecule has 7 rings (SSSR count). The molecular weight excluding hydrogens is 440 g/mol. The third-order valence-electron chi connectivity index (χ3n) is 6.88. The van der Waals surface area contributed by atoms with E-state index in [1.807, 2.05) is 11.3 Å². The minimum atomic E-state index is 1.26. The van der Waals surface area contributed by atoms with E-state index in [1.54, 1.807) is 0 Å². The first-order valence-corrected chi connectivity index (χ1v) is 12.8. The van der Waals surface area contributed by atoms with Crippen LogP contribution in [0.3, 0.4) is 0 Å². The third-order valence-corrected chi connectivity index (χ3v) is 8.03. The van der Waals surface area contributed by atoms with Crippen molar-refractivity contribution in [1.82, 2.24) is 0 Å². The van der Waals surface area contributed by atoms with Gasteiger partial charge in [-0.15, -0.1) is 11.3 Å². The van der Waals surface area contributed by atoms with Crippen molar-refractivity contribution in [2.75, 3.05) is 0 Å². The predicted molar refractivity (Wildman–Crippen MR) is 153 cm³/mol. The highest BCUT2D eigenvalue weighted by molar-refractivity contribution is 7.22. The molecule has 7 aromatic rings. The highest BCUT2D eigenvalue weighted by Gasteiger charge is 2.18. The Morgan fingerprint density at radius 3 is 1.49 bits per heavy atom. The van der Waals surface area contributed by atoms with Crippen LogP contribution in [0, 0.1) is 0 Å². The maximum atomic E-state index is 2.37. The second kappa shape index (κ2) is 8.23. The Morgan fingerprint density at radius 2 is 0.886 bits per heavy atom. The molecule has 0 aliphatic heterocycles. The first kappa shape index (κ1) is 20.2. The van der Waals surface area contributed by atoms with Gasteiger partial charge in [-0.1, -0.05) is 121 Å². The Hall–Kier alpha value is -4.20. The van der Waals surface area contributed by atoms with Crippen LogP contribution in [0.2, 0.25) is 0 Å². The van der Waals surface area contributed by atoms with Gasteiger partial charge in [0.15, 0.2) is 0 Å². The molecule has 1 heteroatoms. The molecule has 0 atom stereocenters. The van der Waals surface area contributed by atoms with Crippen molar-refractivity contribution >= 4 is 43.0 Å². The molecule has 0 N–H and O–H groups in total. The van der Waals surface area contributed by atoms with Gasteiger partial charge in [-0.25, -0.2) is 0 Å². The van der Waals surface area contributed by atoms with Gasteiger partial charge in [0.2, 0.25) is 0 Å². The van der Waals surface area contributed by atoms with Gasteiger partial charge < -0.3 is 0 Å². The third kappa shape index (κ3) is 3.28. The summed E-state index contributed by atoms with van der Waals surface area (Å²) in [5, 5.41) is 6.50. The van der Waals surface area contributed by atoms with Gasteiger partial charge in [0, 0.05) is 15.0 Å². The summed E-state index contributed by atoms with van der Waals surface area (Å²) >= 11 is 1.87. The van der Waals surface area contributed by atoms with Crippen LogP contribution in [0.15, 0.2) is 133 Å². The van der Waals surface area contributed by atoms with Gasteiger partial charge in [-0.05, 0) is 61.5 Å². The molecule has 35 heavy (non-hydrogen) atoms. The molecule has 1 aromatic heterocycles. The van der Waals surface area contributed by atoms with Gasteiger partial charge in [0.05, 0.1) is 0 Å². The standard InChI is InChI=1S/C34H22S/c1-3-12-23(13-4-1)32-22-30-29(20-11-21-31(30)35-32)34-27-18-9-7-16-25(27)33(24-14-5-2-6-15-24)26-17-8-10-19-28(26)34/h1-22H. The summed E-state index contributed by atoms with van der Waals surface area (Å²) in [6.07, 6.45) is 0. The normalized spacial score (nSPS) is 11.4. The van der Waals surface area contributed by atoms with Crippen molar-refractivity contribution in [2.24, 2.45) is 0 Å². The summed E-state index contributed by atoms with van der Waals surface area (Å²) in [6.45, 7) is 0. The number of fused-ring (bicyclic) bond motifs is 3. The summed E-state index contributed by atoms with van der Waals surface area (Å²) in [6, 6.07) is 48.4. The molecule has 6 aromatic carbocycles. The minimum Gasteiger partial charge on any atom is -0.135 e. The van der Waals surface area contributed by atoms with E-state index in [4.69, 9.17) is 0 Å². The molecule has 164 valence electrons. The Labute approximate surface area is 208 Å².